The van der Waals surface area contributed by atoms with Crippen LogP contribution in [0.3, 0.4) is 0 Å². The van der Waals surface area contributed by atoms with Crippen LogP contribution in [-0.2, 0) is 4.79 Å². The van der Waals surface area contributed by atoms with Crippen LogP contribution in [0.4, 0.5) is 11.4 Å². The normalized spacial score (nSPS) is 18.4. The Balaban J connectivity index is 2.11. The van der Waals surface area contributed by atoms with Crippen molar-refractivity contribution in [2.45, 2.75) is 19.4 Å². The Kier molecular flexibility index (Phi) is 3.59. The number of rotatable bonds is 3. The van der Waals surface area contributed by atoms with Gasteiger partial charge < -0.3 is 21.7 Å². The van der Waals surface area contributed by atoms with Gasteiger partial charge in [-0.3, -0.25) is 9.59 Å². The van der Waals surface area contributed by atoms with Gasteiger partial charge in [-0.15, -0.1) is 0 Å². The van der Waals surface area contributed by atoms with Gasteiger partial charge in [0.15, 0.2) is 0 Å². The van der Waals surface area contributed by atoms with E-state index in [2.05, 4.69) is 10.2 Å². The second-order valence-corrected chi connectivity index (χ2v) is 4.77. The fourth-order valence-corrected chi connectivity index (χ4v) is 2.38. The summed E-state index contributed by atoms with van der Waals surface area (Å²) < 4.78 is 0. The van der Waals surface area contributed by atoms with Gasteiger partial charge in [-0.2, -0.15) is 0 Å². The zero-order chi connectivity index (χ0) is 14.0. The van der Waals surface area contributed by atoms with Gasteiger partial charge in [0.05, 0.1) is 11.4 Å². The summed E-state index contributed by atoms with van der Waals surface area (Å²) >= 11 is 0. The smallest absolute Gasteiger partial charge is 0.248 e. The fourth-order valence-electron chi connectivity index (χ4n) is 2.38. The number of anilines is 2. The van der Waals surface area contributed by atoms with Crippen molar-refractivity contribution in [1.82, 2.24) is 5.32 Å². The predicted molar refractivity (Wildman–Crippen MR) is 73.8 cm³/mol. The molecule has 1 aromatic carbocycles. The lowest BCUT2D eigenvalue weighted by Gasteiger charge is -2.21. The average molecular weight is 262 g/mol. The maximum Gasteiger partial charge on any atom is 0.248 e. The molecule has 5 N–H and O–H groups in total. The molecule has 1 heterocycles. The molecule has 1 unspecified atom stereocenters. The number of primary amides is 1. The summed E-state index contributed by atoms with van der Waals surface area (Å²) in [7, 11) is 0. The molecule has 1 aromatic rings. The van der Waals surface area contributed by atoms with Gasteiger partial charge in [0, 0.05) is 31.6 Å². The highest BCUT2D eigenvalue weighted by Crippen LogP contribution is 2.27. The van der Waals surface area contributed by atoms with E-state index >= 15 is 0 Å². The highest BCUT2D eigenvalue weighted by Gasteiger charge is 2.24. The molecule has 0 radical (unpaired) electrons. The van der Waals surface area contributed by atoms with Crippen molar-refractivity contribution >= 4 is 23.2 Å². The van der Waals surface area contributed by atoms with Gasteiger partial charge in [-0.05, 0) is 24.6 Å². The zero-order valence-electron chi connectivity index (χ0n) is 10.8. The molecule has 2 amide bonds. The van der Waals surface area contributed by atoms with Crippen molar-refractivity contribution in [3.63, 3.8) is 0 Å². The van der Waals surface area contributed by atoms with E-state index in [1.165, 1.54) is 6.92 Å². The molecule has 0 saturated carbocycles. The molecule has 0 spiro atoms. The van der Waals surface area contributed by atoms with Gasteiger partial charge in [0.1, 0.15) is 0 Å². The summed E-state index contributed by atoms with van der Waals surface area (Å²) in [5, 5.41) is 2.90. The van der Waals surface area contributed by atoms with Gasteiger partial charge in [0.2, 0.25) is 11.8 Å². The van der Waals surface area contributed by atoms with Crippen LogP contribution in [-0.4, -0.2) is 30.9 Å². The Hall–Kier alpha value is -2.24. The van der Waals surface area contributed by atoms with Crippen LogP contribution < -0.4 is 21.7 Å². The number of benzene rings is 1. The summed E-state index contributed by atoms with van der Waals surface area (Å²) in [6.45, 7) is 3.06. The molecule has 1 saturated heterocycles. The van der Waals surface area contributed by atoms with Gasteiger partial charge in [-0.1, -0.05) is 0 Å². The Morgan fingerprint density at radius 1 is 1.42 bits per heavy atom. The van der Waals surface area contributed by atoms with Crippen molar-refractivity contribution in [2.24, 2.45) is 5.73 Å². The van der Waals surface area contributed by atoms with E-state index in [1.54, 1.807) is 18.2 Å². The number of hydrogen-bond acceptors (Lipinski definition) is 4. The number of nitrogens with two attached hydrogens (primary N) is 2. The molecule has 1 fully saturated rings. The molecule has 6 nitrogen and oxygen atoms in total. The third kappa shape index (κ3) is 2.96. The number of carbonyl (C=O) groups is 2. The molecule has 2 rings (SSSR count). The molecule has 1 aliphatic rings. The number of nitrogen functional groups attached to an aromatic ring is 1. The van der Waals surface area contributed by atoms with Crippen molar-refractivity contribution in [3.05, 3.63) is 23.8 Å². The molecule has 0 bridgehead atoms. The summed E-state index contributed by atoms with van der Waals surface area (Å²) in [4.78, 5) is 24.2. The minimum Gasteiger partial charge on any atom is -0.397 e. The highest BCUT2D eigenvalue weighted by atomic mass is 16.1. The van der Waals surface area contributed by atoms with Gasteiger partial charge in [-0.25, -0.2) is 0 Å². The van der Waals surface area contributed by atoms with E-state index in [1.807, 2.05) is 0 Å². The zero-order valence-corrected chi connectivity index (χ0v) is 10.8. The molecule has 0 aliphatic carbocycles. The lowest BCUT2D eigenvalue weighted by molar-refractivity contribution is -0.119. The standard InChI is InChI=1S/C13H18N4O2/c1-8(18)16-10-4-5-17(7-10)12-3-2-9(13(15)19)6-11(12)14/h2-3,6,10H,4-5,7,14H2,1H3,(H2,15,19)(H,16,18). The molecule has 0 aromatic heterocycles. The molecule has 1 aliphatic heterocycles. The third-order valence-electron chi connectivity index (χ3n) is 3.25. The maximum atomic E-state index is 11.1. The van der Waals surface area contributed by atoms with Crippen LogP contribution >= 0.6 is 0 Å². The van der Waals surface area contributed by atoms with E-state index in [9.17, 15) is 9.59 Å². The molecular formula is C13H18N4O2. The first-order chi connectivity index (χ1) is 8.97. The maximum absolute atomic E-state index is 11.1. The van der Waals surface area contributed by atoms with Gasteiger partial charge >= 0.3 is 0 Å². The second-order valence-electron chi connectivity index (χ2n) is 4.77. The summed E-state index contributed by atoms with van der Waals surface area (Å²) in [5.41, 5.74) is 13.0. The van der Waals surface area contributed by atoms with Crippen LogP contribution in [0.15, 0.2) is 18.2 Å². The highest BCUT2D eigenvalue weighted by molar-refractivity contribution is 5.95. The van der Waals surface area contributed by atoms with Crippen LogP contribution in [0.1, 0.15) is 23.7 Å². The minimum atomic E-state index is -0.490. The molecular weight excluding hydrogens is 244 g/mol. The summed E-state index contributed by atoms with van der Waals surface area (Å²) in [5.74, 6) is -0.514. The van der Waals surface area contributed by atoms with Crippen LogP contribution in [0, 0.1) is 0 Å². The van der Waals surface area contributed by atoms with E-state index in [0.29, 0.717) is 11.3 Å². The van der Waals surface area contributed by atoms with Crippen LogP contribution in [0.5, 0.6) is 0 Å². The minimum absolute atomic E-state index is 0.0242. The second kappa shape index (κ2) is 5.17. The number of nitrogens with zero attached hydrogens (tertiary/aromatic N) is 1. The first-order valence-electron chi connectivity index (χ1n) is 6.18. The van der Waals surface area contributed by atoms with E-state index in [0.717, 1.165) is 25.2 Å². The van der Waals surface area contributed by atoms with Crippen LogP contribution in [0.25, 0.3) is 0 Å². The summed E-state index contributed by atoms with van der Waals surface area (Å²) in [6.07, 6.45) is 0.886. The molecule has 1 atom stereocenters. The third-order valence-corrected chi connectivity index (χ3v) is 3.25. The Morgan fingerprint density at radius 3 is 2.74 bits per heavy atom. The molecule has 6 heteroatoms. The van der Waals surface area contributed by atoms with E-state index in [4.69, 9.17) is 11.5 Å². The lowest BCUT2D eigenvalue weighted by Crippen LogP contribution is -2.35. The van der Waals surface area contributed by atoms with Crippen molar-refractivity contribution in [1.29, 1.82) is 0 Å². The van der Waals surface area contributed by atoms with Crippen LogP contribution in [0.2, 0.25) is 0 Å². The fraction of sp³-hybridized carbons (Fsp3) is 0.385. The quantitative estimate of drug-likeness (QED) is 0.671. The Bertz CT molecular complexity index is 515. The van der Waals surface area contributed by atoms with Crippen molar-refractivity contribution in [2.75, 3.05) is 23.7 Å². The summed E-state index contributed by atoms with van der Waals surface area (Å²) in [6, 6.07) is 5.20. The number of amides is 2. The number of carbonyl (C=O) groups excluding carboxylic acids is 2. The largest absolute Gasteiger partial charge is 0.397 e. The van der Waals surface area contributed by atoms with E-state index < -0.39 is 5.91 Å². The Morgan fingerprint density at radius 2 is 2.16 bits per heavy atom. The molecule has 102 valence electrons. The van der Waals surface area contributed by atoms with Crippen molar-refractivity contribution in [3.8, 4) is 0 Å². The predicted octanol–water partition coefficient (Wildman–Crippen LogP) is 0.0825. The first-order valence-corrected chi connectivity index (χ1v) is 6.18. The monoisotopic (exact) mass is 262 g/mol. The SMILES string of the molecule is CC(=O)NC1CCN(c2ccc(C(N)=O)cc2N)C1. The average Bonchev–Trinajstić information content (AvgIpc) is 2.76. The van der Waals surface area contributed by atoms with Gasteiger partial charge in [0.25, 0.3) is 0 Å². The topological polar surface area (TPSA) is 101 Å². The number of hydrogen-bond donors (Lipinski definition) is 3. The van der Waals surface area contributed by atoms with E-state index in [-0.39, 0.29) is 11.9 Å². The first kappa shape index (κ1) is 13.2. The lowest BCUT2D eigenvalue weighted by atomic mass is 10.1. The van der Waals surface area contributed by atoms with Crippen molar-refractivity contribution < 1.29 is 9.59 Å². The number of nitrogens with one attached hydrogen (secondary N) is 1. The molecule has 19 heavy (non-hydrogen) atoms. The Labute approximate surface area is 111 Å².